The molecule has 0 spiro atoms. The molecule has 0 aliphatic carbocycles. The van der Waals surface area contributed by atoms with Crippen LogP contribution in [0.5, 0.6) is 0 Å². The third-order valence-corrected chi connectivity index (χ3v) is 7.26. The van der Waals surface area contributed by atoms with Crippen LogP contribution in [0.15, 0.2) is 121 Å². The van der Waals surface area contributed by atoms with Crippen LogP contribution in [0.25, 0.3) is 11.1 Å². The van der Waals surface area contributed by atoms with Crippen LogP contribution < -0.4 is 10.6 Å². The third-order valence-electron chi connectivity index (χ3n) is 7.02. The number of anilines is 2. The van der Waals surface area contributed by atoms with Gasteiger partial charge in [-0.25, -0.2) is 9.97 Å². The fourth-order valence-corrected chi connectivity index (χ4v) is 5.18. The summed E-state index contributed by atoms with van der Waals surface area (Å²) < 4.78 is 0. The highest BCUT2D eigenvalue weighted by Gasteiger charge is 2.27. The number of carbonyl (C=O) groups excluding carboxylic acids is 2. The molecule has 1 aliphatic heterocycles. The minimum atomic E-state index is -0.678. The van der Waals surface area contributed by atoms with Crippen molar-refractivity contribution in [3.8, 4) is 11.1 Å². The number of nitrogens with zero attached hydrogens (tertiary/aromatic N) is 3. The predicted octanol–water partition coefficient (Wildman–Crippen LogP) is 6.38. The number of rotatable bonds is 7. The molecule has 2 N–H and O–H groups in total. The normalized spacial score (nSPS) is 14.3. The first-order valence-electron chi connectivity index (χ1n) is 13.5. The summed E-state index contributed by atoms with van der Waals surface area (Å²) in [6.45, 7) is 0. The maximum atomic E-state index is 13.5. The summed E-state index contributed by atoms with van der Waals surface area (Å²) in [5, 5.41) is 6.47. The number of hydrogen-bond donors (Lipinski definition) is 2. The van der Waals surface area contributed by atoms with Gasteiger partial charge in [-0.15, -0.1) is 0 Å². The van der Waals surface area contributed by atoms with E-state index < -0.39 is 6.04 Å². The first-order valence-corrected chi connectivity index (χ1v) is 13.9. The minimum absolute atomic E-state index is 0.144. The molecule has 42 heavy (non-hydrogen) atoms. The maximum absolute atomic E-state index is 13.5. The molecule has 1 atom stereocenters. The molecular formula is C34H26ClN5O2. The van der Waals surface area contributed by atoms with Gasteiger partial charge in [-0.2, -0.15) is 0 Å². The topological polar surface area (TPSA) is 96.3 Å². The molecule has 1 aromatic heterocycles. The number of benzodiazepines with no additional fused rings is 1. The van der Waals surface area contributed by atoms with E-state index in [1.165, 1.54) is 6.33 Å². The highest BCUT2D eigenvalue weighted by Crippen LogP contribution is 2.30. The number of carbonyl (C=O) groups is 2. The summed E-state index contributed by atoms with van der Waals surface area (Å²) >= 11 is 6.31. The largest absolute Gasteiger partial charge is 0.326 e. The van der Waals surface area contributed by atoms with E-state index in [-0.39, 0.29) is 18.2 Å². The van der Waals surface area contributed by atoms with Gasteiger partial charge in [0.15, 0.2) is 0 Å². The Kier molecular flexibility index (Phi) is 7.83. The summed E-state index contributed by atoms with van der Waals surface area (Å²) in [6, 6.07) is 32.1. The summed E-state index contributed by atoms with van der Waals surface area (Å²) in [6.07, 6.45) is 3.59. The molecule has 0 saturated carbocycles. The van der Waals surface area contributed by atoms with E-state index in [0.29, 0.717) is 34.2 Å². The second-order valence-electron chi connectivity index (χ2n) is 9.90. The molecule has 2 amide bonds. The smallest absolute Gasteiger partial charge is 0.249 e. The molecule has 4 aromatic carbocycles. The van der Waals surface area contributed by atoms with Gasteiger partial charge in [-0.1, -0.05) is 78.3 Å². The summed E-state index contributed by atoms with van der Waals surface area (Å²) in [5.41, 5.74) is 7.31. The Morgan fingerprint density at radius 3 is 2.43 bits per heavy atom. The van der Waals surface area contributed by atoms with Gasteiger partial charge in [-0.3, -0.25) is 14.6 Å². The van der Waals surface area contributed by atoms with Crippen molar-refractivity contribution >= 4 is 40.5 Å². The van der Waals surface area contributed by atoms with E-state index in [2.05, 4.69) is 38.8 Å². The second kappa shape index (κ2) is 12.2. The van der Waals surface area contributed by atoms with Gasteiger partial charge in [0.1, 0.15) is 12.4 Å². The van der Waals surface area contributed by atoms with Crippen molar-refractivity contribution in [3.63, 3.8) is 0 Å². The molecule has 1 unspecified atom stereocenters. The lowest BCUT2D eigenvalue weighted by Crippen LogP contribution is -2.27. The standard InChI is InChI=1S/C34H26ClN5O2/c35-25-12-15-29-30(19-25)40-34(42)31(18-24-8-4-5-9-28(24)22-6-2-1-3-7-22)39-33(29)23-10-13-26(14-11-23)38-32(41)20-27-16-17-36-21-37-27/h1-17,19,21,31H,18,20H2,(H,38,41)(H,40,42). The van der Waals surface area contributed by atoms with Crippen LogP contribution in [-0.2, 0) is 22.4 Å². The number of aromatic nitrogens is 2. The molecule has 0 radical (unpaired) electrons. The molecule has 0 fully saturated rings. The van der Waals surface area contributed by atoms with E-state index in [1.807, 2.05) is 66.7 Å². The lowest BCUT2D eigenvalue weighted by molar-refractivity contribution is -0.117. The lowest BCUT2D eigenvalue weighted by atomic mass is 9.95. The molecule has 0 saturated heterocycles. The second-order valence-corrected chi connectivity index (χ2v) is 10.3. The molecular weight excluding hydrogens is 546 g/mol. The van der Waals surface area contributed by atoms with Crippen molar-refractivity contribution in [2.24, 2.45) is 4.99 Å². The first kappa shape index (κ1) is 27.1. The average Bonchev–Trinajstić information content (AvgIpc) is 3.14. The summed E-state index contributed by atoms with van der Waals surface area (Å²) in [5.74, 6) is -0.384. The highest BCUT2D eigenvalue weighted by molar-refractivity contribution is 6.31. The molecule has 0 bridgehead atoms. The monoisotopic (exact) mass is 571 g/mol. The van der Waals surface area contributed by atoms with Gasteiger partial charge in [0.2, 0.25) is 11.8 Å². The van der Waals surface area contributed by atoms with E-state index >= 15 is 0 Å². The van der Waals surface area contributed by atoms with Gasteiger partial charge in [-0.05, 0) is 53.1 Å². The van der Waals surface area contributed by atoms with Gasteiger partial charge in [0.25, 0.3) is 0 Å². The van der Waals surface area contributed by atoms with Crippen molar-refractivity contribution in [2.45, 2.75) is 18.9 Å². The van der Waals surface area contributed by atoms with Crippen LogP contribution in [0, 0.1) is 0 Å². The minimum Gasteiger partial charge on any atom is -0.326 e. The number of aliphatic imine (C=N–C) groups is 1. The van der Waals surface area contributed by atoms with E-state index in [1.54, 1.807) is 24.4 Å². The van der Waals surface area contributed by atoms with Crippen LogP contribution in [-0.4, -0.2) is 33.5 Å². The van der Waals surface area contributed by atoms with Crippen LogP contribution in [0.2, 0.25) is 5.02 Å². The van der Waals surface area contributed by atoms with E-state index in [4.69, 9.17) is 16.6 Å². The number of benzene rings is 4. The van der Waals surface area contributed by atoms with E-state index in [0.717, 1.165) is 27.8 Å². The summed E-state index contributed by atoms with van der Waals surface area (Å²) in [7, 11) is 0. The number of halogens is 1. The molecule has 6 rings (SSSR count). The molecule has 5 aromatic rings. The van der Waals surface area contributed by atoms with Crippen molar-refractivity contribution < 1.29 is 9.59 Å². The van der Waals surface area contributed by atoms with Gasteiger partial charge in [0, 0.05) is 34.5 Å². The highest BCUT2D eigenvalue weighted by atomic mass is 35.5. The van der Waals surface area contributed by atoms with Crippen LogP contribution >= 0.6 is 11.6 Å². The fourth-order valence-electron chi connectivity index (χ4n) is 5.00. The fraction of sp³-hybridized carbons (Fsp3) is 0.0882. The Hall–Kier alpha value is -5.14. The van der Waals surface area contributed by atoms with Crippen molar-refractivity contribution in [1.82, 2.24) is 9.97 Å². The Bertz CT molecular complexity index is 1770. The molecule has 1 aliphatic rings. The zero-order valence-corrected chi connectivity index (χ0v) is 23.3. The molecule has 8 heteroatoms. The Balaban J connectivity index is 1.31. The predicted molar refractivity (Wildman–Crippen MR) is 166 cm³/mol. The number of amides is 2. The van der Waals surface area contributed by atoms with E-state index in [9.17, 15) is 9.59 Å². The van der Waals surface area contributed by atoms with Crippen molar-refractivity contribution in [1.29, 1.82) is 0 Å². The zero-order chi connectivity index (χ0) is 28.9. The molecule has 2 heterocycles. The average molecular weight is 572 g/mol. The Labute approximate surface area is 248 Å². The van der Waals surface area contributed by atoms with Crippen LogP contribution in [0.3, 0.4) is 0 Å². The molecule has 7 nitrogen and oxygen atoms in total. The third kappa shape index (κ3) is 6.11. The summed E-state index contributed by atoms with van der Waals surface area (Å²) in [4.78, 5) is 39.1. The lowest BCUT2D eigenvalue weighted by Gasteiger charge is -2.15. The van der Waals surface area contributed by atoms with Gasteiger partial charge >= 0.3 is 0 Å². The van der Waals surface area contributed by atoms with Crippen molar-refractivity contribution in [2.75, 3.05) is 10.6 Å². The van der Waals surface area contributed by atoms with Crippen LogP contribution in [0.4, 0.5) is 11.4 Å². The quantitative estimate of drug-likeness (QED) is 0.237. The Morgan fingerprint density at radius 1 is 0.857 bits per heavy atom. The zero-order valence-electron chi connectivity index (χ0n) is 22.5. The molecule has 206 valence electrons. The van der Waals surface area contributed by atoms with Crippen molar-refractivity contribution in [3.05, 3.63) is 143 Å². The number of fused-ring (bicyclic) bond motifs is 1. The number of nitrogens with one attached hydrogen (secondary N) is 2. The van der Waals surface area contributed by atoms with Crippen LogP contribution in [0.1, 0.15) is 22.4 Å². The Morgan fingerprint density at radius 2 is 1.64 bits per heavy atom. The number of hydrogen-bond acceptors (Lipinski definition) is 5. The maximum Gasteiger partial charge on any atom is 0.249 e. The first-order chi connectivity index (χ1) is 20.5. The van der Waals surface area contributed by atoms with Gasteiger partial charge < -0.3 is 10.6 Å². The van der Waals surface area contributed by atoms with Gasteiger partial charge in [0.05, 0.1) is 23.5 Å². The SMILES string of the molecule is O=C(Cc1ccncn1)Nc1ccc(C2=NC(Cc3ccccc3-c3ccccc3)C(=O)Nc3cc(Cl)ccc32)cc1.